The van der Waals surface area contributed by atoms with Crippen molar-refractivity contribution in [1.29, 1.82) is 0 Å². The second-order valence-corrected chi connectivity index (χ2v) is 8.22. The average molecular weight is 410 g/mol. The Morgan fingerprint density at radius 2 is 1.80 bits per heavy atom. The molecule has 0 radical (unpaired) electrons. The number of nitrogens with one attached hydrogen (secondary N) is 1. The second-order valence-electron chi connectivity index (χ2n) is 8.22. The van der Waals surface area contributed by atoms with Crippen LogP contribution in [0, 0.1) is 0 Å². The van der Waals surface area contributed by atoms with Crippen LogP contribution in [-0.4, -0.2) is 64.1 Å². The maximum Gasteiger partial charge on any atom is 0.272 e. The lowest BCUT2D eigenvalue weighted by molar-refractivity contribution is 0.0745. The third kappa shape index (κ3) is 5.08. The van der Waals surface area contributed by atoms with Gasteiger partial charge in [-0.2, -0.15) is 5.10 Å². The average Bonchev–Trinajstić information content (AvgIpc) is 3.15. The molecular weight excluding hydrogens is 378 g/mol. The van der Waals surface area contributed by atoms with E-state index >= 15 is 0 Å². The highest BCUT2D eigenvalue weighted by Gasteiger charge is 2.26. The standard InChI is InChI=1S/C23H31N5O2/c29-22(24-11-7-14-26-12-5-2-6-13-26)20-17-21-23(30)27(15-8-16-28(21)25-20)18-19-9-3-1-4-10-19/h1,3-4,9-10,17H,2,5-8,11-16,18H2,(H,24,29). The zero-order valence-corrected chi connectivity index (χ0v) is 17.6. The van der Waals surface area contributed by atoms with Gasteiger partial charge in [-0.25, -0.2) is 0 Å². The Kier molecular flexibility index (Phi) is 6.79. The number of benzene rings is 1. The summed E-state index contributed by atoms with van der Waals surface area (Å²) in [4.78, 5) is 29.9. The molecule has 3 heterocycles. The highest BCUT2D eigenvalue weighted by Crippen LogP contribution is 2.17. The Morgan fingerprint density at radius 3 is 2.60 bits per heavy atom. The molecule has 0 atom stereocenters. The van der Waals surface area contributed by atoms with E-state index in [0.29, 0.717) is 37.6 Å². The number of nitrogens with zero attached hydrogens (tertiary/aromatic N) is 4. The number of hydrogen-bond donors (Lipinski definition) is 1. The molecule has 2 aliphatic heterocycles. The number of amides is 2. The van der Waals surface area contributed by atoms with Crippen molar-refractivity contribution >= 4 is 11.8 Å². The van der Waals surface area contributed by atoms with Gasteiger partial charge in [-0.1, -0.05) is 36.8 Å². The summed E-state index contributed by atoms with van der Waals surface area (Å²) in [5.41, 5.74) is 1.94. The van der Waals surface area contributed by atoms with E-state index in [0.717, 1.165) is 24.9 Å². The van der Waals surface area contributed by atoms with Crippen molar-refractivity contribution in [2.24, 2.45) is 0 Å². The van der Waals surface area contributed by atoms with Crippen molar-refractivity contribution in [3.8, 4) is 0 Å². The maximum absolute atomic E-state index is 13.0. The number of rotatable bonds is 7. The molecule has 0 unspecified atom stereocenters. The lowest BCUT2D eigenvalue weighted by atomic mass is 10.1. The summed E-state index contributed by atoms with van der Waals surface area (Å²) in [5.74, 6) is -0.260. The fraction of sp³-hybridized carbons (Fsp3) is 0.522. The molecule has 0 saturated carbocycles. The van der Waals surface area contributed by atoms with Crippen molar-refractivity contribution in [3.05, 3.63) is 53.3 Å². The number of hydrogen-bond acceptors (Lipinski definition) is 4. The van der Waals surface area contributed by atoms with E-state index in [1.165, 1.54) is 32.4 Å². The summed E-state index contributed by atoms with van der Waals surface area (Å²) in [6.07, 6.45) is 5.65. The molecule has 160 valence electrons. The molecule has 2 aromatic rings. The first-order valence-electron chi connectivity index (χ1n) is 11.1. The summed E-state index contributed by atoms with van der Waals surface area (Å²) < 4.78 is 1.69. The Bertz CT molecular complexity index is 858. The van der Waals surface area contributed by atoms with Crippen molar-refractivity contribution in [2.45, 2.75) is 45.2 Å². The van der Waals surface area contributed by atoms with Gasteiger partial charge in [0.05, 0.1) is 0 Å². The Balaban J connectivity index is 1.33. The summed E-state index contributed by atoms with van der Waals surface area (Å²) >= 11 is 0. The van der Waals surface area contributed by atoms with E-state index in [-0.39, 0.29) is 11.8 Å². The second kappa shape index (κ2) is 9.89. The number of carbonyl (C=O) groups is 2. The molecule has 4 rings (SSSR count). The van der Waals surface area contributed by atoms with Gasteiger partial charge < -0.3 is 15.1 Å². The summed E-state index contributed by atoms with van der Waals surface area (Å²) in [7, 11) is 0. The van der Waals surface area contributed by atoms with Crippen molar-refractivity contribution in [3.63, 3.8) is 0 Å². The van der Waals surface area contributed by atoms with Gasteiger partial charge in [-0.15, -0.1) is 0 Å². The molecule has 7 nitrogen and oxygen atoms in total. The SMILES string of the molecule is O=C(NCCCN1CCCCC1)c1cc2n(n1)CCCN(Cc1ccccc1)C2=O. The first-order valence-corrected chi connectivity index (χ1v) is 11.1. The van der Waals surface area contributed by atoms with Gasteiger partial charge in [0.15, 0.2) is 5.69 Å². The lowest BCUT2D eigenvalue weighted by Crippen LogP contribution is -2.33. The Morgan fingerprint density at radius 1 is 1.00 bits per heavy atom. The third-order valence-corrected chi connectivity index (χ3v) is 5.92. The van der Waals surface area contributed by atoms with Gasteiger partial charge in [0.1, 0.15) is 5.69 Å². The summed E-state index contributed by atoms with van der Waals surface area (Å²) in [5, 5.41) is 7.38. The fourth-order valence-corrected chi connectivity index (χ4v) is 4.28. The third-order valence-electron chi connectivity index (χ3n) is 5.92. The van der Waals surface area contributed by atoms with E-state index in [1.54, 1.807) is 10.7 Å². The van der Waals surface area contributed by atoms with Crippen LogP contribution >= 0.6 is 0 Å². The van der Waals surface area contributed by atoms with Gasteiger partial charge in [0.2, 0.25) is 0 Å². The zero-order valence-electron chi connectivity index (χ0n) is 17.6. The number of aromatic nitrogens is 2. The highest BCUT2D eigenvalue weighted by atomic mass is 16.2. The van der Waals surface area contributed by atoms with Crippen LogP contribution in [0.2, 0.25) is 0 Å². The van der Waals surface area contributed by atoms with Crippen LogP contribution in [0.15, 0.2) is 36.4 Å². The van der Waals surface area contributed by atoms with Crippen LogP contribution in [0.4, 0.5) is 0 Å². The van der Waals surface area contributed by atoms with Gasteiger partial charge in [-0.3, -0.25) is 14.3 Å². The van der Waals surface area contributed by atoms with Crippen LogP contribution in [-0.2, 0) is 13.1 Å². The molecule has 0 bridgehead atoms. The molecule has 1 fully saturated rings. The molecule has 1 aromatic heterocycles. The normalized spacial score (nSPS) is 17.5. The van der Waals surface area contributed by atoms with Crippen LogP contribution in [0.25, 0.3) is 0 Å². The van der Waals surface area contributed by atoms with E-state index in [9.17, 15) is 9.59 Å². The van der Waals surface area contributed by atoms with Crippen LogP contribution < -0.4 is 5.32 Å². The quantitative estimate of drug-likeness (QED) is 0.714. The van der Waals surface area contributed by atoms with E-state index in [4.69, 9.17) is 0 Å². The van der Waals surface area contributed by atoms with E-state index in [2.05, 4.69) is 15.3 Å². The molecule has 2 aliphatic rings. The Hall–Kier alpha value is -2.67. The molecular formula is C23H31N5O2. The minimum atomic E-state index is -0.198. The van der Waals surface area contributed by atoms with E-state index < -0.39 is 0 Å². The number of fused-ring (bicyclic) bond motifs is 1. The fourth-order valence-electron chi connectivity index (χ4n) is 4.28. The summed E-state index contributed by atoms with van der Waals surface area (Å²) in [6.45, 7) is 5.90. The van der Waals surface area contributed by atoms with Crippen molar-refractivity contribution in [2.75, 3.05) is 32.7 Å². The topological polar surface area (TPSA) is 70.5 Å². The predicted molar refractivity (Wildman–Crippen MR) is 115 cm³/mol. The van der Waals surface area contributed by atoms with Gasteiger partial charge in [0, 0.05) is 32.2 Å². The van der Waals surface area contributed by atoms with Crippen LogP contribution in [0.3, 0.4) is 0 Å². The monoisotopic (exact) mass is 409 g/mol. The number of likely N-dealkylation sites (tertiary alicyclic amines) is 1. The van der Waals surface area contributed by atoms with Crippen LogP contribution in [0.1, 0.15) is 58.6 Å². The van der Waals surface area contributed by atoms with E-state index in [1.807, 2.05) is 35.2 Å². The molecule has 1 saturated heterocycles. The largest absolute Gasteiger partial charge is 0.351 e. The molecule has 1 aromatic carbocycles. The summed E-state index contributed by atoms with van der Waals surface area (Å²) in [6, 6.07) is 11.6. The van der Waals surface area contributed by atoms with Gasteiger partial charge >= 0.3 is 0 Å². The lowest BCUT2D eigenvalue weighted by Gasteiger charge is -2.26. The molecule has 2 amide bonds. The number of aryl methyl sites for hydroxylation is 1. The zero-order chi connectivity index (χ0) is 20.8. The molecule has 30 heavy (non-hydrogen) atoms. The van der Waals surface area contributed by atoms with Crippen molar-refractivity contribution < 1.29 is 9.59 Å². The Labute approximate surface area is 178 Å². The first kappa shape index (κ1) is 20.6. The minimum Gasteiger partial charge on any atom is -0.351 e. The van der Waals surface area contributed by atoms with Gasteiger partial charge in [-0.05, 0) is 50.9 Å². The van der Waals surface area contributed by atoms with Gasteiger partial charge in [0.25, 0.3) is 11.8 Å². The van der Waals surface area contributed by atoms with Crippen molar-refractivity contribution in [1.82, 2.24) is 24.9 Å². The molecule has 1 N–H and O–H groups in total. The number of piperidine rings is 1. The molecule has 7 heteroatoms. The number of carbonyl (C=O) groups excluding carboxylic acids is 2. The molecule has 0 spiro atoms. The minimum absolute atomic E-state index is 0.0620. The smallest absolute Gasteiger partial charge is 0.272 e. The maximum atomic E-state index is 13.0. The first-order chi connectivity index (χ1) is 14.7. The van der Waals surface area contributed by atoms with Crippen LogP contribution in [0.5, 0.6) is 0 Å². The predicted octanol–water partition coefficient (Wildman–Crippen LogP) is 2.54. The molecule has 0 aliphatic carbocycles. The highest BCUT2D eigenvalue weighted by molar-refractivity contribution is 5.98.